The lowest BCUT2D eigenvalue weighted by Crippen LogP contribution is -2.28. The highest BCUT2D eigenvalue weighted by Gasteiger charge is 2.12. The Kier molecular flexibility index (Phi) is 5.28. The number of rotatable bonds is 6. The largest absolute Gasteiger partial charge is 0.349 e. The summed E-state index contributed by atoms with van der Waals surface area (Å²) in [4.78, 5) is 16.5. The monoisotopic (exact) mass is 338 g/mol. The number of thioether (sulfide) groups is 1. The van der Waals surface area contributed by atoms with Crippen molar-refractivity contribution in [3.63, 3.8) is 0 Å². The zero-order valence-corrected chi connectivity index (χ0v) is 14.1. The van der Waals surface area contributed by atoms with E-state index >= 15 is 0 Å². The van der Waals surface area contributed by atoms with Gasteiger partial charge in [-0.1, -0.05) is 72.4 Å². The van der Waals surface area contributed by atoms with Crippen molar-refractivity contribution in [3.8, 4) is 11.4 Å². The van der Waals surface area contributed by atoms with Crippen LogP contribution in [0.2, 0.25) is 0 Å². The molecule has 0 radical (unpaired) electrons. The molecule has 1 unspecified atom stereocenters. The van der Waals surface area contributed by atoms with Crippen LogP contribution in [0.3, 0.4) is 0 Å². The number of hydrogen-bond acceptors (Lipinski definition) is 4. The molecule has 3 rings (SSSR count). The van der Waals surface area contributed by atoms with Crippen LogP contribution < -0.4 is 5.32 Å². The Morgan fingerprint density at radius 1 is 1.12 bits per heavy atom. The van der Waals surface area contributed by atoms with Gasteiger partial charge in [-0.2, -0.15) is 0 Å². The van der Waals surface area contributed by atoms with Gasteiger partial charge in [0, 0.05) is 5.56 Å². The second-order valence-corrected chi connectivity index (χ2v) is 6.26. The minimum atomic E-state index is -0.0394. The molecule has 24 heavy (non-hydrogen) atoms. The number of benzene rings is 2. The van der Waals surface area contributed by atoms with Crippen LogP contribution in [0.1, 0.15) is 18.5 Å². The van der Waals surface area contributed by atoms with Crippen LogP contribution in [-0.2, 0) is 4.79 Å². The second-order valence-electron chi connectivity index (χ2n) is 5.32. The van der Waals surface area contributed by atoms with Crippen molar-refractivity contribution in [1.29, 1.82) is 0 Å². The van der Waals surface area contributed by atoms with Gasteiger partial charge in [0.1, 0.15) is 0 Å². The highest BCUT2D eigenvalue weighted by Crippen LogP contribution is 2.19. The Balaban J connectivity index is 1.53. The van der Waals surface area contributed by atoms with Gasteiger partial charge in [-0.05, 0) is 12.5 Å². The van der Waals surface area contributed by atoms with Crippen molar-refractivity contribution in [3.05, 3.63) is 66.2 Å². The Morgan fingerprint density at radius 2 is 1.79 bits per heavy atom. The van der Waals surface area contributed by atoms with E-state index in [-0.39, 0.29) is 17.7 Å². The van der Waals surface area contributed by atoms with Crippen molar-refractivity contribution in [2.45, 2.75) is 18.1 Å². The first kappa shape index (κ1) is 16.3. The Hall–Kier alpha value is -2.60. The van der Waals surface area contributed by atoms with E-state index in [2.05, 4.69) is 20.5 Å². The van der Waals surface area contributed by atoms with Gasteiger partial charge in [0.15, 0.2) is 5.82 Å². The lowest BCUT2D eigenvalue weighted by molar-refractivity contribution is -0.119. The molecule has 6 heteroatoms. The molecule has 1 amide bonds. The fourth-order valence-electron chi connectivity index (χ4n) is 2.27. The maximum Gasteiger partial charge on any atom is 0.230 e. The normalized spacial score (nSPS) is 11.9. The summed E-state index contributed by atoms with van der Waals surface area (Å²) in [6.07, 6.45) is 0. The third kappa shape index (κ3) is 4.23. The number of aromatic amines is 1. The number of hydrogen-bond donors (Lipinski definition) is 2. The molecule has 0 spiro atoms. The van der Waals surface area contributed by atoms with E-state index in [1.807, 2.05) is 67.6 Å². The van der Waals surface area contributed by atoms with Gasteiger partial charge in [0.05, 0.1) is 11.8 Å². The summed E-state index contributed by atoms with van der Waals surface area (Å²) < 4.78 is 0. The Morgan fingerprint density at radius 3 is 2.50 bits per heavy atom. The fraction of sp³-hybridized carbons (Fsp3) is 0.167. The average molecular weight is 338 g/mol. The molecule has 1 atom stereocenters. The van der Waals surface area contributed by atoms with Gasteiger partial charge < -0.3 is 5.32 Å². The molecule has 0 saturated carbocycles. The lowest BCUT2D eigenvalue weighted by atomic mass is 10.1. The van der Waals surface area contributed by atoms with Gasteiger partial charge in [0.25, 0.3) is 0 Å². The number of aromatic nitrogens is 3. The van der Waals surface area contributed by atoms with Crippen LogP contribution in [0.5, 0.6) is 0 Å². The topological polar surface area (TPSA) is 70.7 Å². The molecule has 122 valence electrons. The predicted octanol–water partition coefficient (Wildman–Crippen LogP) is 3.44. The molecular weight excluding hydrogens is 320 g/mol. The molecule has 0 aliphatic rings. The molecule has 3 aromatic rings. The molecule has 0 saturated heterocycles. The van der Waals surface area contributed by atoms with E-state index in [9.17, 15) is 4.79 Å². The molecule has 0 aliphatic carbocycles. The minimum Gasteiger partial charge on any atom is -0.349 e. The predicted molar refractivity (Wildman–Crippen MR) is 95.5 cm³/mol. The number of nitrogens with one attached hydrogen (secondary N) is 2. The summed E-state index contributed by atoms with van der Waals surface area (Å²) in [6, 6.07) is 19.6. The van der Waals surface area contributed by atoms with Gasteiger partial charge in [-0.15, -0.1) is 5.10 Å². The molecule has 0 bridgehead atoms. The Labute approximate surface area is 144 Å². The first-order valence-electron chi connectivity index (χ1n) is 7.67. The SMILES string of the molecule is CC(NC(=O)CSc1n[nH]c(-c2ccccc2)n1)c1ccccc1. The first-order valence-corrected chi connectivity index (χ1v) is 8.66. The standard InChI is InChI=1S/C18H18N4OS/c1-13(14-8-4-2-5-9-14)19-16(23)12-24-18-20-17(21-22-18)15-10-6-3-7-11-15/h2-11,13H,12H2,1H3,(H,19,23)(H,20,21,22). The second kappa shape index (κ2) is 7.79. The van der Waals surface area contributed by atoms with Crippen molar-refractivity contribution >= 4 is 17.7 Å². The summed E-state index contributed by atoms with van der Waals surface area (Å²) in [5, 5.41) is 10.6. The van der Waals surface area contributed by atoms with Crippen molar-refractivity contribution in [1.82, 2.24) is 20.5 Å². The lowest BCUT2D eigenvalue weighted by Gasteiger charge is -2.13. The maximum atomic E-state index is 12.1. The van der Waals surface area contributed by atoms with E-state index in [4.69, 9.17) is 0 Å². The third-order valence-electron chi connectivity index (χ3n) is 3.52. The van der Waals surface area contributed by atoms with E-state index < -0.39 is 0 Å². The Bertz CT molecular complexity index is 789. The van der Waals surface area contributed by atoms with Crippen molar-refractivity contribution < 1.29 is 4.79 Å². The molecule has 0 fully saturated rings. The average Bonchev–Trinajstić information content (AvgIpc) is 3.10. The van der Waals surface area contributed by atoms with Gasteiger partial charge in [-0.3, -0.25) is 9.89 Å². The molecule has 2 aromatic carbocycles. The smallest absolute Gasteiger partial charge is 0.230 e. The van der Waals surface area contributed by atoms with Crippen LogP contribution in [-0.4, -0.2) is 26.8 Å². The molecule has 1 heterocycles. The van der Waals surface area contributed by atoms with Crippen molar-refractivity contribution in [2.75, 3.05) is 5.75 Å². The van der Waals surface area contributed by atoms with Gasteiger partial charge in [-0.25, -0.2) is 4.98 Å². The molecule has 1 aromatic heterocycles. The highest BCUT2D eigenvalue weighted by atomic mass is 32.2. The zero-order chi connectivity index (χ0) is 16.8. The van der Waals surface area contributed by atoms with Gasteiger partial charge in [0.2, 0.25) is 11.1 Å². The quantitative estimate of drug-likeness (QED) is 0.676. The third-order valence-corrected chi connectivity index (χ3v) is 4.37. The van der Waals surface area contributed by atoms with E-state index in [0.717, 1.165) is 11.1 Å². The van der Waals surface area contributed by atoms with Gasteiger partial charge >= 0.3 is 0 Å². The minimum absolute atomic E-state index is 0.0219. The number of amides is 1. The zero-order valence-electron chi connectivity index (χ0n) is 13.3. The summed E-state index contributed by atoms with van der Waals surface area (Å²) in [7, 11) is 0. The molecule has 5 nitrogen and oxygen atoms in total. The van der Waals surface area contributed by atoms with Crippen LogP contribution >= 0.6 is 11.8 Å². The number of carbonyl (C=O) groups is 1. The number of nitrogens with zero attached hydrogens (tertiary/aromatic N) is 2. The first-order chi connectivity index (χ1) is 11.7. The summed E-state index contributed by atoms with van der Waals surface area (Å²) >= 11 is 1.32. The molecular formula is C18H18N4OS. The van der Waals surface area contributed by atoms with Crippen LogP contribution in [0, 0.1) is 0 Å². The number of carbonyl (C=O) groups excluding carboxylic acids is 1. The maximum absolute atomic E-state index is 12.1. The summed E-state index contributed by atoms with van der Waals surface area (Å²) in [6.45, 7) is 1.97. The van der Waals surface area contributed by atoms with Crippen LogP contribution in [0.15, 0.2) is 65.8 Å². The highest BCUT2D eigenvalue weighted by molar-refractivity contribution is 7.99. The van der Waals surface area contributed by atoms with Crippen molar-refractivity contribution in [2.24, 2.45) is 0 Å². The van der Waals surface area contributed by atoms with E-state index in [1.165, 1.54) is 11.8 Å². The van der Waals surface area contributed by atoms with Crippen LogP contribution in [0.4, 0.5) is 0 Å². The molecule has 0 aliphatic heterocycles. The van der Waals surface area contributed by atoms with Crippen LogP contribution in [0.25, 0.3) is 11.4 Å². The fourth-order valence-corrected chi connectivity index (χ4v) is 2.88. The molecule has 2 N–H and O–H groups in total. The van der Waals surface area contributed by atoms with E-state index in [1.54, 1.807) is 0 Å². The number of H-pyrrole nitrogens is 1. The summed E-state index contributed by atoms with van der Waals surface area (Å²) in [5.41, 5.74) is 2.05. The van der Waals surface area contributed by atoms with E-state index in [0.29, 0.717) is 11.0 Å². The summed E-state index contributed by atoms with van der Waals surface area (Å²) in [5.74, 6) is 0.946.